The second kappa shape index (κ2) is 6.52. The van der Waals surface area contributed by atoms with E-state index >= 15 is 0 Å². The normalized spacial score (nSPS) is 15.8. The molecule has 1 aromatic rings. The van der Waals surface area contributed by atoms with E-state index < -0.39 is 11.6 Å². The predicted octanol–water partition coefficient (Wildman–Crippen LogP) is 1.35. The molecule has 0 aliphatic heterocycles. The number of aliphatic hydroxyl groups excluding tert-OH is 1. The largest absolute Gasteiger partial charge is 0.394 e. The number of nitrogens with two attached hydrogens (primary N) is 1. The lowest BCUT2D eigenvalue weighted by Crippen LogP contribution is -2.52. The molecule has 0 saturated heterocycles. The SMILES string of the molecule is CCCC(C)(N)C(=O)N[C@H](CO)c1ccccc1. The number of amides is 1. The summed E-state index contributed by atoms with van der Waals surface area (Å²) >= 11 is 0. The zero-order valence-corrected chi connectivity index (χ0v) is 11.0. The summed E-state index contributed by atoms with van der Waals surface area (Å²) in [7, 11) is 0. The maximum Gasteiger partial charge on any atom is 0.240 e. The van der Waals surface area contributed by atoms with Crippen LogP contribution in [0.3, 0.4) is 0 Å². The Hall–Kier alpha value is -1.39. The molecule has 18 heavy (non-hydrogen) atoms. The van der Waals surface area contributed by atoms with Crippen molar-refractivity contribution < 1.29 is 9.90 Å². The first-order valence-corrected chi connectivity index (χ1v) is 6.27. The summed E-state index contributed by atoms with van der Waals surface area (Å²) < 4.78 is 0. The summed E-state index contributed by atoms with van der Waals surface area (Å²) in [5.41, 5.74) is 5.94. The van der Waals surface area contributed by atoms with Crippen LogP contribution in [0.25, 0.3) is 0 Å². The average Bonchev–Trinajstić information content (AvgIpc) is 2.36. The highest BCUT2D eigenvalue weighted by Gasteiger charge is 2.29. The maximum atomic E-state index is 12.1. The van der Waals surface area contributed by atoms with Gasteiger partial charge in [-0.1, -0.05) is 43.7 Å². The summed E-state index contributed by atoms with van der Waals surface area (Å²) in [5, 5.41) is 12.2. The number of aliphatic hydroxyl groups is 1. The molecule has 1 amide bonds. The molecular formula is C14H22N2O2. The van der Waals surface area contributed by atoms with Crippen LogP contribution in [0.5, 0.6) is 0 Å². The Labute approximate surface area is 108 Å². The fourth-order valence-electron chi connectivity index (χ4n) is 1.88. The Morgan fingerprint density at radius 2 is 2.06 bits per heavy atom. The van der Waals surface area contributed by atoms with Crippen molar-refractivity contribution in [3.8, 4) is 0 Å². The van der Waals surface area contributed by atoms with Gasteiger partial charge in [-0.05, 0) is 18.9 Å². The van der Waals surface area contributed by atoms with Gasteiger partial charge in [0.1, 0.15) is 0 Å². The minimum absolute atomic E-state index is 0.141. The molecule has 4 nitrogen and oxygen atoms in total. The van der Waals surface area contributed by atoms with Gasteiger partial charge in [0.05, 0.1) is 18.2 Å². The molecule has 100 valence electrons. The highest BCUT2D eigenvalue weighted by Crippen LogP contribution is 2.15. The molecule has 4 N–H and O–H groups in total. The highest BCUT2D eigenvalue weighted by atomic mass is 16.3. The second-order valence-electron chi connectivity index (χ2n) is 4.79. The summed E-state index contributed by atoms with van der Waals surface area (Å²) in [4.78, 5) is 12.1. The van der Waals surface area contributed by atoms with Crippen molar-refractivity contribution in [1.82, 2.24) is 5.32 Å². The van der Waals surface area contributed by atoms with Crippen molar-refractivity contribution >= 4 is 5.91 Å². The Bertz CT molecular complexity index is 377. The van der Waals surface area contributed by atoms with Crippen LogP contribution in [0.1, 0.15) is 38.3 Å². The fraction of sp³-hybridized carbons (Fsp3) is 0.500. The zero-order valence-electron chi connectivity index (χ0n) is 11.0. The minimum Gasteiger partial charge on any atom is -0.394 e. The van der Waals surface area contributed by atoms with E-state index in [1.807, 2.05) is 37.3 Å². The molecule has 1 unspecified atom stereocenters. The number of carbonyl (C=O) groups excluding carboxylic acids is 1. The van der Waals surface area contributed by atoms with E-state index in [2.05, 4.69) is 5.32 Å². The molecule has 0 heterocycles. The van der Waals surface area contributed by atoms with Gasteiger partial charge >= 0.3 is 0 Å². The number of benzene rings is 1. The third kappa shape index (κ3) is 3.82. The van der Waals surface area contributed by atoms with Crippen LogP contribution < -0.4 is 11.1 Å². The third-order valence-corrected chi connectivity index (χ3v) is 2.98. The number of rotatable bonds is 6. The van der Waals surface area contributed by atoms with Crippen LogP contribution in [0.2, 0.25) is 0 Å². The lowest BCUT2D eigenvalue weighted by molar-refractivity contribution is -0.127. The maximum absolute atomic E-state index is 12.1. The number of carbonyl (C=O) groups is 1. The molecular weight excluding hydrogens is 228 g/mol. The summed E-state index contributed by atoms with van der Waals surface area (Å²) in [6.45, 7) is 3.56. The van der Waals surface area contributed by atoms with Crippen molar-refractivity contribution in [2.45, 2.75) is 38.3 Å². The minimum atomic E-state index is -0.892. The Morgan fingerprint density at radius 1 is 1.44 bits per heavy atom. The molecule has 0 aliphatic rings. The molecule has 0 spiro atoms. The van der Waals surface area contributed by atoms with Gasteiger partial charge in [0.15, 0.2) is 0 Å². The lowest BCUT2D eigenvalue weighted by Gasteiger charge is -2.26. The summed E-state index contributed by atoms with van der Waals surface area (Å²) in [5.74, 6) is -0.229. The molecule has 2 atom stereocenters. The van der Waals surface area contributed by atoms with Gasteiger partial charge in [0.25, 0.3) is 0 Å². The topological polar surface area (TPSA) is 75.4 Å². The van der Waals surface area contributed by atoms with Crippen LogP contribution >= 0.6 is 0 Å². The van der Waals surface area contributed by atoms with E-state index in [9.17, 15) is 9.90 Å². The monoisotopic (exact) mass is 250 g/mol. The van der Waals surface area contributed by atoms with Gasteiger partial charge in [-0.2, -0.15) is 0 Å². The van der Waals surface area contributed by atoms with Crippen LogP contribution in [-0.2, 0) is 4.79 Å². The van der Waals surface area contributed by atoms with Crippen molar-refractivity contribution in [3.63, 3.8) is 0 Å². The van der Waals surface area contributed by atoms with Crippen molar-refractivity contribution in [2.75, 3.05) is 6.61 Å². The van der Waals surface area contributed by atoms with E-state index in [-0.39, 0.29) is 12.5 Å². The molecule has 1 aromatic carbocycles. The van der Waals surface area contributed by atoms with Gasteiger partial charge in [-0.3, -0.25) is 4.79 Å². The van der Waals surface area contributed by atoms with Crippen molar-refractivity contribution in [1.29, 1.82) is 0 Å². The van der Waals surface area contributed by atoms with E-state index in [0.29, 0.717) is 6.42 Å². The first-order valence-electron chi connectivity index (χ1n) is 6.27. The Balaban J connectivity index is 2.73. The van der Waals surface area contributed by atoms with E-state index in [4.69, 9.17) is 5.73 Å². The van der Waals surface area contributed by atoms with Gasteiger partial charge < -0.3 is 16.2 Å². The zero-order chi connectivity index (χ0) is 13.6. The van der Waals surface area contributed by atoms with Crippen molar-refractivity contribution in [2.24, 2.45) is 5.73 Å². The van der Waals surface area contributed by atoms with Gasteiger partial charge in [-0.15, -0.1) is 0 Å². The van der Waals surface area contributed by atoms with E-state index in [1.54, 1.807) is 6.92 Å². The number of hydrogen-bond donors (Lipinski definition) is 3. The predicted molar refractivity (Wildman–Crippen MR) is 71.9 cm³/mol. The molecule has 4 heteroatoms. The number of hydrogen-bond acceptors (Lipinski definition) is 3. The molecule has 0 saturated carbocycles. The Morgan fingerprint density at radius 3 is 2.56 bits per heavy atom. The van der Waals surface area contributed by atoms with Gasteiger partial charge in [-0.25, -0.2) is 0 Å². The molecule has 0 aliphatic carbocycles. The fourth-order valence-corrected chi connectivity index (χ4v) is 1.88. The number of nitrogens with one attached hydrogen (secondary N) is 1. The van der Waals surface area contributed by atoms with Crippen LogP contribution in [0.4, 0.5) is 0 Å². The molecule has 1 rings (SSSR count). The molecule has 0 fully saturated rings. The van der Waals surface area contributed by atoms with Crippen molar-refractivity contribution in [3.05, 3.63) is 35.9 Å². The second-order valence-corrected chi connectivity index (χ2v) is 4.79. The van der Waals surface area contributed by atoms with Gasteiger partial charge in [0, 0.05) is 0 Å². The van der Waals surface area contributed by atoms with E-state index in [0.717, 1.165) is 12.0 Å². The molecule has 0 radical (unpaired) electrons. The average molecular weight is 250 g/mol. The lowest BCUT2D eigenvalue weighted by atomic mass is 9.95. The van der Waals surface area contributed by atoms with E-state index in [1.165, 1.54) is 0 Å². The third-order valence-electron chi connectivity index (χ3n) is 2.98. The van der Waals surface area contributed by atoms with Gasteiger partial charge in [0.2, 0.25) is 5.91 Å². The summed E-state index contributed by atoms with van der Waals surface area (Å²) in [6.07, 6.45) is 1.46. The molecule has 0 aromatic heterocycles. The first-order chi connectivity index (χ1) is 8.51. The highest BCUT2D eigenvalue weighted by molar-refractivity contribution is 5.85. The smallest absolute Gasteiger partial charge is 0.240 e. The first kappa shape index (κ1) is 14.7. The van der Waals surface area contributed by atoms with Crippen LogP contribution in [0, 0.1) is 0 Å². The van der Waals surface area contributed by atoms with Crippen LogP contribution in [-0.4, -0.2) is 23.2 Å². The molecule has 0 bridgehead atoms. The summed E-state index contributed by atoms with van der Waals surface area (Å²) in [6, 6.07) is 8.97. The van der Waals surface area contributed by atoms with Crippen LogP contribution in [0.15, 0.2) is 30.3 Å². The quantitative estimate of drug-likeness (QED) is 0.713. The standard InChI is InChI=1S/C14H22N2O2/c1-3-9-14(2,15)13(18)16-12(10-17)11-7-5-4-6-8-11/h4-8,12,17H,3,9-10,15H2,1-2H3,(H,16,18)/t12-,14?/m1/s1. The Kier molecular flexibility index (Phi) is 5.31.